The molecule has 2 unspecified atom stereocenters. The Labute approximate surface area is 99.2 Å². The van der Waals surface area contributed by atoms with Gasteiger partial charge in [-0.25, -0.2) is 4.98 Å². The number of hydrogen-bond donors (Lipinski definition) is 1. The van der Waals surface area contributed by atoms with Crippen LogP contribution in [0.25, 0.3) is 0 Å². The van der Waals surface area contributed by atoms with Gasteiger partial charge in [-0.15, -0.1) is 11.3 Å². The minimum absolute atomic E-state index is 0.300. The van der Waals surface area contributed by atoms with Crippen molar-refractivity contribution in [2.75, 3.05) is 13.1 Å². The van der Waals surface area contributed by atoms with Crippen LogP contribution in [-0.4, -0.2) is 29.0 Å². The van der Waals surface area contributed by atoms with Crippen molar-refractivity contribution in [1.82, 2.24) is 9.88 Å². The van der Waals surface area contributed by atoms with Crippen LogP contribution in [-0.2, 0) is 6.54 Å². The maximum absolute atomic E-state index is 6.04. The Hall–Kier alpha value is -0.160. The summed E-state index contributed by atoms with van der Waals surface area (Å²) in [4.78, 5) is 6.62. The van der Waals surface area contributed by atoms with E-state index in [4.69, 9.17) is 17.3 Å². The quantitative estimate of drug-likeness (QED) is 0.866. The van der Waals surface area contributed by atoms with Gasteiger partial charge in [-0.1, -0.05) is 18.5 Å². The van der Waals surface area contributed by atoms with Gasteiger partial charge in [0.15, 0.2) is 0 Å². The molecule has 0 radical (unpaired) electrons. The summed E-state index contributed by atoms with van der Waals surface area (Å²) in [5.41, 5.74) is 6.04. The third-order valence-corrected chi connectivity index (χ3v) is 4.08. The summed E-state index contributed by atoms with van der Waals surface area (Å²) in [6.45, 7) is 5.20. The standard InChI is InChI=1S/C10H16ClN3S/c1-7-2-3-14(5-8(7)12)6-10-13-4-9(11)15-10/h4,7-8H,2-3,5-6,12H2,1H3. The zero-order valence-electron chi connectivity index (χ0n) is 8.82. The number of nitrogens with zero attached hydrogens (tertiary/aromatic N) is 2. The second-order valence-corrected chi connectivity index (χ2v) is 5.97. The highest BCUT2D eigenvalue weighted by molar-refractivity contribution is 7.15. The van der Waals surface area contributed by atoms with Crippen LogP contribution in [0.5, 0.6) is 0 Å². The SMILES string of the molecule is CC1CCN(Cc2ncc(Cl)s2)CC1N. The molecule has 0 amide bonds. The fraction of sp³-hybridized carbons (Fsp3) is 0.700. The van der Waals surface area contributed by atoms with Crippen LogP contribution in [0.1, 0.15) is 18.4 Å². The Balaban J connectivity index is 1.90. The molecular weight excluding hydrogens is 230 g/mol. The molecule has 0 bridgehead atoms. The Kier molecular flexibility index (Phi) is 3.61. The summed E-state index contributed by atoms with van der Waals surface area (Å²) in [7, 11) is 0. The lowest BCUT2D eigenvalue weighted by Gasteiger charge is -2.34. The van der Waals surface area contributed by atoms with Crippen LogP contribution >= 0.6 is 22.9 Å². The second kappa shape index (κ2) is 4.78. The van der Waals surface area contributed by atoms with E-state index in [1.54, 1.807) is 17.5 Å². The third kappa shape index (κ3) is 2.91. The highest BCUT2D eigenvalue weighted by Crippen LogP contribution is 2.22. The van der Waals surface area contributed by atoms with Gasteiger partial charge in [-0.05, 0) is 18.9 Å². The lowest BCUT2D eigenvalue weighted by Crippen LogP contribution is -2.47. The summed E-state index contributed by atoms with van der Waals surface area (Å²) >= 11 is 7.40. The molecule has 2 heterocycles. The Morgan fingerprint density at radius 1 is 1.73 bits per heavy atom. The maximum Gasteiger partial charge on any atom is 0.113 e. The zero-order chi connectivity index (χ0) is 10.8. The lowest BCUT2D eigenvalue weighted by molar-refractivity contribution is 0.162. The third-order valence-electron chi connectivity index (χ3n) is 2.98. The first kappa shape index (κ1) is 11.3. The van der Waals surface area contributed by atoms with E-state index in [0.29, 0.717) is 12.0 Å². The van der Waals surface area contributed by atoms with Crippen molar-refractivity contribution in [2.24, 2.45) is 11.7 Å². The summed E-state index contributed by atoms with van der Waals surface area (Å²) in [6, 6.07) is 0.300. The van der Waals surface area contributed by atoms with Crippen LogP contribution in [0, 0.1) is 5.92 Å². The van der Waals surface area contributed by atoms with E-state index in [1.807, 2.05) is 0 Å². The summed E-state index contributed by atoms with van der Waals surface area (Å²) < 4.78 is 0.764. The molecule has 1 aliphatic rings. The van der Waals surface area contributed by atoms with E-state index in [1.165, 1.54) is 6.42 Å². The summed E-state index contributed by atoms with van der Waals surface area (Å²) in [5.74, 6) is 0.640. The minimum atomic E-state index is 0.300. The van der Waals surface area contributed by atoms with Crippen molar-refractivity contribution < 1.29 is 0 Å². The normalized spacial score (nSPS) is 28.2. The van der Waals surface area contributed by atoms with Crippen LogP contribution in [0.15, 0.2) is 6.20 Å². The highest BCUT2D eigenvalue weighted by atomic mass is 35.5. The molecule has 1 aromatic rings. The van der Waals surface area contributed by atoms with Crippen molar-refractivity contribution >= 4 is 22.9 Å². The van der Waals surface area contributed by atoms with E-state index in [0.717, 1.165) is 29.0 Å². The average molecular weight is 246 g/mol. The topological polar surface area (TPSA) is 42.2 Å². The number of nitrogens with two attached hydrogens (primary N) is 1. The first-order valence-electron chi connectivity index (χ1n) is 5.23. The number of thiazole rings is 1. The van der Waals surface area contributed by atoms with Crippen molar-refractivity contribution in [2.45, 2.75) is 25.9 Å². The van der Waals surface area contributed by atoms with Gasteiger partial charge >= 0.3 is 0 Å². The number of halogens is 1. The number of hydrogen-bond acceptors (Lipinski definition) is 4. The van der Waals surface area contributed by atoms with Gasteiger partial charge in [0.1, 0.15) is 9.34 Å². The highest BCUT2D eigenvalue weighted by Gasteiger charge is 2.23. The first-order valence-corrected chi connectivity index (χ1v) is 6.42. The Morgan fingerprint density at radius 3 is 3.13 bits per heavy atom. The van der Waals surface area contributed by atoms with E-state index >= 15 is 0 Å². The predicted molar refractivity (Wildman–Crippen MR) is 64.2 cm³/mol. The molecule has 0 aromatic carbocycles. The number of piperidine rings is 1. The van der Waals surface area contributed by atoms with Gasteiger partial charge < -0.3 is 5.73 Å². The lowest BCUT2D eigenvalue weighted by atomic mass is 9.94. The number of rotatable bonds is 2. The molecule has 2 atom stereocenters. The summed E-state index contributed by atoms with van der Waals surface area (Å²) in [5, 5.41) is 1.08. The van der Waals surface area contributed by atoms with Crippen LogP contribution in [0.2, 0.25) is 4.34 Å². The predicted octanol–water partition coefficient (Wildman–Crippen LogP) is 1.97. The first-order chi connectivity index (χ1) is 7.15. The molecule has 1 aromatic heterocycles. The molecule has 1 saturated heterocycles. The molecule has 5 heteroatoms. The van der Waals surface area contributed by atoms with Crippen LogP contribution in [0.4, 0.5) is 0 Å². The molecule has 1 fully saturated rings. The molecule has 15 heavy (non-hydrogen) atoms. The summed E-state index contributed by atoms with van der Waals surface area (Å²) in [6.07, 6.45) is 2.90. The van der Waals surface area contributed by atoms with Gasteiger partial charge in [0, 0.05) is 12.6 Å². The Bertz CT molecular complexity index is 328. The van der Waals surface area contributed by atoms with Gasteiger partial charge in [-0.3, -0.25) is 4.90 Å². The fourth-order valence-electron chi connectivity index (χ4n) is 1.87. The fourth-order valence-corrected chi connectivity index (χ4v) is 2.86. The molecular formula is C10H16ClN3S. The second-order valence-electron chi connectivity index (χ2n) is 4.22. The maximum atomic E-state index is 6.04. The van der Waals surface area contributed by atoms with Crippen LogP contribution in [0.3, 0.4) is 0 Å². The van der Waals surface area contributed by atoms with E-state index < -0.39 is 0 Å². The number of aromatic nitrogens is 1. The largest absolute Gasteiger partial charge is 0.326 e. The van der Waals surface area contributed by atoms with E-state index in [9.17, 15) is 0 Å². The van der Waals surface area contributed by atoms with Crippen LogP contribution < -0.4 is 5.73 Å². The average Bonchev–Trinajstić information content (AvgIpc) is 2.58. The van der Waals surface area contributed by atoms with Crippen molar-refractivity contribution in [3.05, 3.63) is 15.5 Å². The minimum Gasteiger partial charge on any atom is -0.326 e. The zero-order valence-corrected chi connectivity index (χ0v) is 10.4. The van der Waals surface area contributed by atoms with Gasteiger partial charge in [0.2, 0.25) is 0 Å². The van der Waals surface area contributed by atoms with Gasteiger partial charge in [0.25, 0.3) is 0 Å². The van der Waals surface area contributed by atoms with Crippen molar-refractivity contribution in [1.29, 1.82) is 0 Å². The molecule has 3 nitrogen and oxygen atoms in total. The molecule has 2 N–H and O–H groups in total. The molecule has 0 saturated carbocycles. The number of likely N-dealkylation sites (tertiary alicyclic amines) is 1. The van der Waals surface area contributed by atoms with Crippen molar-refractivity contribution in [3.8, 4) is 0 Å². The van der Waals surface area contributed by atoms with Gasteiger partial charge in [-0.2, -0.15) is 0 Å². The van der Waals surface area contributed by atoms with Gasteiger partial charge in [0.05, 0.1) is 12.7 Å². The van der Waals surface area contributed by atoms with Crippen molar-refractivity contribution in [3.63, 3.8) is 0 Å². The monoisotopic (exact) mass is 245 g/mol. The molecule has 84 valence electrons. The van der Waals surface area contributed by atoms with E-state index in [-0.39, 0.29) is 0 Å². The smallest absolute Gasteiger partial charge is 0.113 e. The molecule has 0 spiro atoms. The molecule has 1 aliphatic heterocycles. The molecule has 0 aliphatic carbocycles. The van der Waals surface area contributed by atoms with E-state index in [2.05, 4.69) is 16.8 Å². The Morgan fingerprint density at radius 2 is 2.53 bits per heavy atom. The molecule has 2 rings (SSSR count).